The van der Waals surface area contributed by atoms with Gasteiger partial charge in [-0.25, -0.2) is 0 Å². The van der Waals surface area contributed by atoms with Crippen LogP contribution in [0.2, 0.25) is 0 Å². The van der Waals surface area contributed by atoms with Gasteiger partial charge < -0.3 is 10.5 Å². The fourth-order valence-electron chi connectivity index (χ4n) is 3.22. The molecule has 0 aromatic heterocycles. The highest BCUT2D eigenvalue weighted by Crippen LogP contribution is 2.47. The van der Waals surface area contributed by atoms with Gasteiger partial charge in [0.25, 0.3) is 0 Å². The summed E-state index contributed by atoms with van der Waals surface area (Å²) in [5, 5.41) is 0. The van der Waals surface area contributed by atoms with Crippen LogP contribution in [0, 0.1) is 11.8 Å². The second kappa shape index (κ2) is 3.82. The van der Waals surface area contributed by atoms with Gasteiger partial charge in [0.1, 0.15) is 0 Å². The number of rotatable bonds is 1. The third-order valence-electron chi connectivity index (χ3n) is 4.24. The lowest BCUT2D eigenvalue weighted by Crippen LogP contribution is -2.42. The zero-order valence-corrected chi connectivity index (χ0v) is 9.46. The molecule has 2 rings (SSSR count). The monoisotopic (exact) mass is 197 g/mol. The molecule has 0 radical (unpaired) electrons. The van der Waals surface area contributed by atoms with E-state index in [2.05, 4.69) is 13.8 Å². The Balaban J connectivity index is 2.06. The van der Waals surface area contributed by atoms with Crippen molar-refractivity contribution in [3.05, 3.63) is 0 Å². The predicted molar refractivity (Wildman–Crippen MR) is 58.1 cm³/mol. The van der Waals surface area contributed by atoms with E-state index in [0.717, 1.165) is 11.8 Å². The van der Waals surface area contributed by atoms with Crippen molar-refractivity contribution in [1.82, 2.24) is 0 Å². The summed E-state index contributed by atoms with van der Waals surface area (Å²) < 4.78 is 6.20. The van der Waals surface area contributed by atoms with Gasteiger partial charge >= 0.3 is 0 Å². The maximum atomic E-state index is 6.20. The molecular formula is C12H23NO. The normalized spacial score (nSPS) is 48.6. The molecule has 1 saturated carbocycles. The van der Waals surface area contributed by atoms with Crippen molar-refractivity contribution in [1.29, 1.82) is 0 Å². The summed E-state index contributed by atoms with van der Waals surface area (Å²) in [5.74, 6) is 1.57. The first-order valence-electron chi connectivity index (χ1n) is 6.04. The highest BCUT2D eigenvalue weighted by Gasteiger charge is 2.46. The van der Waals surface area contributed by atoms with Crippen molar-refractivity contribution < 1.29 is 4.74 Å². The third kappa shape index (κ3) is 1.70. The molecule has 1 aliphatic carbocycles. The van der Waals surface area contributed by atoms with Crippen molar-refractivity contribution in [2.24, 2.45) is 17.6 Å². The van der Waals surface area contributed by atoms with E-state index in [1.54, 1.807) is 0 Å². The maximum Gasteiger partial charge on any atom is 0.0715 e. The molecule has 0 aromatic carbocycles. The molecule has 2 N–H and O–H groups in total. The van der Waals surface area contributed by atoms with Crippen LogP contribution < -0.4 is 5.73 Å². The quantitative estimate of drug-likeness (QED) is 0.700. The molecule has 2 fully saturated rings. The van der Waals surface area contributed by atoms with Crippen LogP contribution in [0.5, 0.6) is 0 Å². The first-order valence-corrected chi connectivity index (χ1v) is 6.04. The topological polar surface area (TPSA) is 35.2 Å². The van der Waals surface area contributed by atoms with Crippen molar-refractivity contribution in [3.8, 4) is 0 Å². The molecule has 1 aliphatic heterocycles. The molecule has 1 heterocycles. The number of hydrogen-bond donors (Lipinski definition) is 1. The van der Waals surface area contributed by atoms with Crippen molar-refractivity contribution in [2.75, 3.05) is 6.54 Å². The van der Waals surface area contributed by atoms with Gasteiger partial charge in [0.15, 0.2) is 0 Å². The highest BCUT2D eigenvalue weighted by atomic mass is 16.5. The Morgan fingerprint density at radius 1 is 1.29 bits per heavy atom. The molecule has 2 heteroatoms. The predicted octanol–water partition coefficient (Wildman–Crippen LogP) is 2.32. The van der Waals surface area contributed by atoms with Crippen molar-refractivity contribution >= 4 is 0 Å². The smallest absolute Gasteiger partial charge is 0.0715 e. The van der Waals surface area contributed by atoms with Gasteiger partial charge in [-0.2, -0.15) is 0 Å². The summed E-state index contributed by atoms with van der Waals surface area (Å²) in [7, 11) is 0. The molecule has 2 aliphatic rings. The zero-order valence-electron chi connectivity index (χ0n) is 9.46. The van der Waals surface area contributed by atoms with Gasteiger partial charge in [0.05, 0.1) is 11.7 Å². The molecule has 1 saturated heterocycles. The summed E-state index contributed by atoms with van der Waals surface area (Å²) in [6, 6.07) is 0. The molecule has 0 bridgehead atoms. The van der Waals surface area contributed by atoms with Gasteiger partial charge in [-0.05, 0) is 37.5 Å². The lowest BCUT2D eigenvalue weighted by molar-refractivity contribution is -0.103. The Morgan fingerprint density at radius 3 is 2.71 bits per heavy atom. The van der Waals surface area contributed by atoms with Gasteiger partial charge in [-0.15, -0.1) is 0 Å². The molecule has 14 heavy (non-hydrogen) atoms. The Morgan fingerprint density at radius 2 is 2.07 bits per heavy atom. The largest absolute Gasteiger partial charge is 0.370 e. The Hall–Kier alpha value is -0.0800. The van der Waals surface area contributed by atoms with E-state index in [-0.39, 0.29) is 5.60 Å². The van der Waals surface area contributed by atoms with Gasteiger partial charge in [0.2, 0.25) is 0 Å². The molecule has 4 atom stereocenters. The van der Waals surface area contributed by atoms with Crippen molar-refractivity contribution in [2.45, 2.75) is 57.7 Å². The van der Waals surface area contributed by atoms with E-state index < -0.39 is 0 Å². The molecule has 0 aromatic rings. The van der Waals surface area contributed by atoms with E-state index in [4.69, 9.17) is 10.5 Å². The highest BCUT2D eigenvalue weighted by molar-refractivity contribution is 4.97. The van der Waals surface area contributed by atoms with Gasteiger partial charge in [-0.3, -0.25) is 0 Å². The SMILES string of the molecule is C[C@@H]1CC[C@H](C)[C@]2(CC[C@H](CN)O2)C1. The molecule has 0 unspecified atom stereocenters. The van der Waals surface area contributed by atoms with Crippen LogP contribution in [0.25, 0.3) is 0 Å². The van der Waals surface area contributed by atoms with E-state index in [9.17, 15) is 0 Å². The average molecular weight is 197 g/mol. The number of nitrogens with two attached hydrogens (primary N) is 1. The number of ether oxygens (including phenoxy) is 1. The molecular weight excluding hydrogens is 174 g/mol. The third-order valence-corrected chi connectivity index (χ3v) is 4.24. The van der Waals surface area contributed by atoms with E-state index >= 15 is 0 Å². The van der Waals surface area contributed by atoms with Gasteiger partial charge in [-0.1, -0.05) is 20.3 Å². The van der Waals surface area contributed by atoms with Crippen molar-refractivity contribution in [3.63, 3.8) is 0 Å². The fraction of sp³-hybridized carbons (Fsp3) is 1.00. The minimum Gasteiger partial charge on any atom is -0.370 e. The Labute approximate surface area is 87.2 Å². The summed E-state index contributed by atoms with van der Waals surface area (Å²) in [5.41, 5.74) is 5.88. The van der Waals surface area contributed by atoms with Crippen LogP contribution in [-0.2, 0) is 4.74 Å². The molecule has 82 valence electrons. The first-order chi connectivity index (χ1) is 6.66. The summed E-state index contributed by atoms with van der Waals surface area (Å²) in [6.07, 6.45) is 6.71. The summed E-state index contributed by atoms with van der Waals surface area (Å²) >= 11 is 0. The van der Waals surface area contributed by atoms with Crippen LogP contribution in [0.1, 0.15) is 46.0 Å². The minimum atomic E-state index is 0.196. The maximum absolute atomic E-state index is 6.20. The number of hydrogen-bond acceptors (Lipinski definition) is 2. The molecule has 1 spiro atoms. The van der Waals surface area contributed by atoms with Crippen LogP contribution >= 0.6 is 0 Å². The second-order valence-electron chi connectivity index (χ2n) is 5.37. The van der Waals surface area contributed by atoms with Crippen LogP contribution in [-0.4, -0.2) is 18.2 Å². The lowest BCUT2D eigenvalue weighted by atomic mass is 9.71. The van der Waals surface area contributed by atoms with E-state index in [0.29, 0.717) is 12.6 Å². The second-order valence-corrected chi connectivity index (χ2v) is 5.37. The van der Waals surface area contributed by atoms with Gasteiger partial charge in [0, 0.05) is 6.54 Å². The van der Waals surface area contributed by atoms with E-state index in [1.165, 1.54) is 32.1 Å². The minimum absolute atomic E-state index is 0.196. The Kier molecular flexibility index (Phi) is 2.85. The van der Waals surface area contributed by atoms with Crippen LogP contribution in [0.3, 0.4) is 0 Å². The Bertz CT molecular complexity index is 206. The first kappa shape index (κ1) is 10.4. The van der Waals surface area contributed by atoms with E-state index in [1.807, 2.05) is 0 Å². The summed E-state index contributed by atoms with van der Waals surface area (Å²) in [4.78, 5) is 0. The van der Waals surface area contributed by atoms with Crippen LogP contribution in [0.15, 0.2) is 0 Å². The molecule has 2 nitrogen and oxygen atoms in total. The van der Waals surface area contributed by atoms with Crippen LogP contribution in [0.4, 0.5) is 0 Å². The standard InChI is InChI=1S/C12H23NO/c1-9-3-4-10(2)12(7-9)6-5-11(8-13)14-12/h9-11H,3-8,13H2,1-2H3/t9-,10+,11-,12+/m1/s1. The fourth-order valence-corrected chi connectivity index (χ4v) is 3.22. The molecule has 0 amide bonds. The lowest BCUT2D eigenvalue weighted by Gasteiger charge is -2.42. The summed E-state index contributed by atoms with van der Waals surface area (Å²) in [6.45, 7) is 5.40. The average Bonchev–Trinajstić information content (AvgIpc) is 2.57. The zero-order chi connectivity index (χ0) is 10.2.